The second kappa shape index (κ2) is 4.34. The van der Waals surface area contributed by atoms with Gasteiger partial charge in [0.15, 0.2) is 0 Å². The van der Waals surface area contributed by atoms with Crippen molar-refractivity contribution in [2.24, 2.45) is 5.73 Å². The fraction of sp³-hybridized carbons (Fsp3) is 0.750. The van der Waals surface area contributed by atoms with Gasteiger partial charge in [0.05, 0.1) is 0 Å². The highest BCUT2D eigenvalue weighted by molar-refractivity contribution is 14.1. The summed E-state index contributed by atoms with van der Waals surface area (Å²) in [6.07, 6.45) is 6.48. The first-order valence-electron chi connectivity index (χ1n) is 3.91. The van der Waals surface area contributed by atoms with Crippen LogP contribution in [-0.2, 0) is 0 Å². The molecule has 0 aromatic carbocycles. The summed E-state index contributed by atoms with van der Waals surface area (Å²) in [5, 5.41) is 0. The van der Waals surface area contributed by atoms with E-state index in [1.807, 2.05) is 0 Å². The summed E-state index contributed by atoms with van der Waals surface area (Å²) < 4.78 is 1.58. The topological polar surface area (TPSA) is 26.0 Å². The Morgan fingerprint density at radius 2 is 2.00 bits per heavy atom. The normalized spacial score (nSPS) is 19.8. The van der Waals surface area contributed by atoms with Crippen molar-refractivity contribution in [2.75, 3.05) is 6.54 Å². The Kier molecular flexibility index (Phi) is 3.70. The predicted octanol–water partition coefficient (Wildman–Crippen LogP) is 2.60. The highest BCUT2D eigenvalue weighted by atomic mass is 127. The molecule has 0 bridgehead atoms. The molecule has 1 aliphatic carbocycles. The van der Waals surface area contributed by atoms with Crippen molar-refractivity contribution in [2.45, 2.75) is 32.1 Å². The lowest BCUT2D eigenvalue weighted by atomic mass is 9.97. The number of hydrogen-bond acceptors (Lipinski definition) is 1. The Morgan fingerprint density at radius 3 is 2.60 bits per heavy atom. The Bertz CT molecular complexity index is 140. The predicted molar refractivity (Wildman–Crippen MR) is 53.2 cm³/mol. The van der Waals surface area contributed by atoms with Crippen LogP contribution in [0.2, 0.25) is 0 Å². The van der Waals surface area contributed by atoms with Crippen LogP contribution < -0.4 is 5.73 Å². The monoisotopic (exact) mass is 251 g/mol. The van der Waals surface area contributed by atoms with Crippen LogP contribution >= 0.6 is 22.6 Å². The average Bonchev–Trinajstić information content (AvgIpc) is 1.94. The van der Waals surface area contributed by atoms with Gasteiger partial charge >= 0.3 is 0 Å². The van der Waals surface area contributed by atoms with Crippen LogP contribution in [0, 0.1) is 0 Å². The van der Waals surface area contributed by atoms with Gasteiger partial charge in [-0.05, 0) is 64.8 Å². The molecule has 58 valence electrons. The molecule has 0 heterocycles. The van der Waals surface area contributed by atoms with Crippen molar-refractivity contribution >= 4 is 22.6 Å². The van der Waals surface area contributed by atoms with Gasteiger partial charge in [0.1, 0.15) is 0 Å². The molecular formula is C8H14IN. The van der Waals surface area contributed by atoms with Gasteiger partial charge in [0.25, 0.3) is 0 Å². The first-order chi connectivity index (χ1) is 4.84. The molecule has 0 aromatic rings. The molecule has 0 aromatic heterocycles. The largest absolute Gasteiger partial charge is 0.330 e. The van der Waals surface area contributed by atoms with E-state index in [1.54, 1.807) is 9.15 Å². The summed E-state index contributed by atoms with van der Waals surface area (Å²) in [6, 6.07) is 0. The molecule has 1 rings (SSSR count). The lowest BCUT2D eigenvalue weighted by Crippen LogP contribution is -2.03. The van der Waals surface area contributed by atoms with Gasteiger partial charge in [0.2, 0.25) is 0 Å². The molecule has 0 spiro atoms. The Morgan fingerprint density at radius 1 is 1.30 bits per heavy atom. The second-order valence-corrected chi connectivity index (χ2v) is 4.06. The van der Waals surface area contributed by atoms with E-state index in [9.17, 15) is 0 Å². The van der Waals surface area contributed by atoms with Gasteiger partial charge in [-0.2, -0.15) is 0 Å². The molecule has 0 unspecified atom stereocenters. The highest BCUT2D eigenvalue weighted by Gasteiger charge is 2.08. The van der Waals surface area contributed by atoms with E-state index in [4.69, 9.17) is 5.73 Å². The first-order valence-corrected chi connectivity index (χ1v) is 4.99. The molecule has 0 saturated heterocycles. The minimum atomic E-state index is 0.821. The van der Waals surface area contributed by atoms with Gasteiger partial charge < -0.3 is 5.73 Å². The van der Waals surface area contributed by atoms with Crippen LogP contribution in [0.25, 0.3) is 0 Å². The molecule has 1 nitrogen and oxygen atoms in total. The van der Waals surface area contributed by atoms with Crippen molar-refractivity contribution in [3.05, 3.63) is 9.15 Å². The fourth-order valence-corrected chi connectivity index (χ4v) is 2.29. The molecule has 2 heteroatoms. The van der Waals surface area contributed by atoms with E-state index in [1.165, 1.54) is 25.7 Å². The van der Waals surface area contributed by atoms with E-state index in [0.717, 1.165) is 13.0 Å². The smallest absolute Gasteiger partial charge is 0.00396 e. The summed E-state index contributed by atoms with van der Waals surface area (Å²) in [4.78, 5) is 0. The van der Waals surface area contributed by atoms with Crippen molar-refractivity contribution < 1.29 is 0 Å². The number of hydrogen-bond donors (Lipinski definition) is 1. The maximum absolute atomic E-state index is 5.48. The van der Waals surface area contributed by atoms with Crippen molar-refractivity contribution in [3.8, 4) is 0 Å². The lowest BCUT2D eigenvalue weighted by molar-refractivity contribution is 0.673. The van der Waals surface area contributed by atoms with Gasteiger partial charge in [-0.1, -0.05) is 5.57 Å². The molecule has 10 heavy (non-hydrogen) atoms. The van der Waals surface area contributed by atoms with E-state index >= 15 is 0 Å². The SMILES string of the molecule is NCCC1=C(I)CCCC1. The zero-order valence-electron chi connectivity index (χ0n) is 6.20. The number of allylic oxidation sites excluding steroid dienone is 1. The maximum atomic E-state index is 5.48. The molecule has 0 aliphatic heterocycles. The molecule has 2 N–H and O–H groups in total. The van der Waals surface area contributed by atoms with Crippen LogP contribution in [-0.4, -0.2) is 6.54 Å². The number of rotatable bonds is 2. The zero-order chi connectivity index (χ0) is 7.40. The summed E-state index contributed by atoms with van der Waals surface area (Å²) in [7, 11) is 0. The minimum absolute atomic E-state index is 0.821. The van der Waals surface area contributed by atoms with E-state index < -0.39 is 0 Å². The van der Waals surface area contributed by atoms with Crippen molar-refractivity contribution in [1.29, 1.82) is 0 Å². The van der Waals surface area contributed by atoms with Gasteiger partial charge in [-0.3, -0.25) is 0 Å². The molecular weight excluding hydrogens is 237 g/mol. The van der Waals surface area contributed by atoms with Gasteiger partial charge in [-0.15, -0.1) is 0 Å². The first kappa shape index (κ1) is 8.53. The molecule has 1 aliphatic rings. The quantitative estimate of drug-likeness (QED) is 0.750. The van der Waals surface area contributed by atoms with Crippen LogP contribution in [0.4, 0.5) is 0 Å². The molecule has 0 saturated carbocycles. The molecule has 0 amide bonds. The number of nitrogens with two attached hydrogens (primary N) is 1. The summed E-state index contributed by atoms with van der Waals surface area (Å²) >= 11 is 2.47. The van der Waals surface area contributed by atoms with Gasteiger partial charge in [-0.25, -0.2) is 0 Å². The zero-order valence-corrected chi connectivity index (χ0v) is 8.36. The third-order valence-corrected chi connectivity index (χ3v) is 3.26. The maximum Gasteiger partial charge on any atom is -0.00396 e. The fourth-order valence-electron chi connectivity index (χ4n) is 1.37. The average molecular weight is 251 g/mol. The third kappa shape index (κ3) is 2.23. The van der Waals surface area contributed by atoms with E-state index in [2.05, 4.69) is 22.6 Å². The van der Waals surface area contributed by atoms with Crippen LogP contribution in [0.5, 0.6) is 0 Å². The molecule has 0 atom stereocenters. The minimum Gasteiger partial charge on any atom is -0.330 e. The van der Waals surface area contributed by atoms with E-state index in [-0.39, 0.29) is 0 Å². The highest BCUT2D eigenvalue weighted by Crippen LogP contribution is 2.30. The van der Waals surface area contributed by atoms with Crippen molar-refractivity contribution in [3.63, 3.8) is 0 Å². The molecule has 0 radical (unpaired) electrons. The third-order valence-electron chi connectivity index (χ3n) is 1.95. The summed E-state index contributed by atoms with van der Waals surface area (Å²) in [6.45, 7) is 0.821. The summed E-state index contributed by atoms with van der Waals surface area (Å²) in [5.41, 5.74) is 7.10. The van der Waals surface area contributed by atoms with Crippen molar-refractivity contribution in [1.82, 2.24) is 0 Å². The Hall–Kier alpha value is 0.430. The van der Waals surface area contributed by atoms with Gasteiger partial charge in [0, 0.05) is 0 Å². The van der Waals surface area contributed by atoms with Crippen LogP contribution in [0.3, 0.4) is 0 Å². The Balaban J connectivity index is 2.50. The Labute approximate surface area is 76.2 Å². The summed E-state index contributed by atoms with van der Waals surface area (Å²) in [5.74, 6) is 0. The molecule has 0 fully saturated rings. The van der Waals surface area contributed by atoms with Crippen LogP contribution in [0.15, 0.2) is 9.15 Å². The van der Waals surface area contributed by atoms with E-state index in [0.29, 0.717) is 0 Å². The number of halogens is 1. The van der Waals surface area contributed by atoms with Crippen LogP contribution in [0.1, 0.15) is 32.1 Å². The standard InChI is InChI=1S/C8H14IN/c9-8-4-2-1-3-7(8)5-6-10/h1-6,10H2. The second-order valence-electron chi connectivity index (χ2n) is 2.75. The lowest BCUT2D eigenvalue weighted by Gasteiger charge is -2.15.